The van der Waals surface area contributed by atoms with Crippen LogP contribution in [0.5, 0.6) is 0 Å². The normalized spacial score (nSPS) is 19.5. The average molecular weight is 233 g/mol. The van der Waals surface area contributed by atoms with Gasteiger partial charge in [0, 0.05) is 19.5 Å². The molecule has 1 heterocycles. The van der Waals surface area contributed by atoms with Crippen LogP contribution in [0.4, 0.5) is 0 Å². The molecule has 0 aliphatic carbocycles. The Hall–Kier alpha value is -1.88. The Morgan fingerprint density at radius 1 is 1.41 bits per heavy atom. The van der Waals surface area contributed by atoms with E-state index < -0.39 is 0 Å². The van der Waals surface area contributed by atoms with Gasteiger partial charge in [0.05, 0.1) is 5.92 Å². The monoisotopic (exact) mass is 233 g/mol. The molecule has 1 aliphatic rings. The van der Waals surface area contributed by atoms with Crippen LogP contribution in [0.15, 0.2) is 30.3 Å². The van der Waals surface area contributed by atoms with Gasteiger partial charge in [-0.25, -0.2) is 5.84 Å². The van der Waals surface area contributed by atoms with Crippen molar-refractivity contribution in [2.45, 2.75) is 13.0 Å². The number of amides is 2. The molecule has 1 aromatic rings. The zero-order valence-electron chi connectivity index (χ0n) is 9.43. The summed E-state index contributed by atoms with van der Waals surface area (Å²) >= 11 is 0. The van der Waals surface area contributed by atoms with Gasteiger partial charge in [-0.2, -0.15) is 0 Å². The van der Waals surface area contributed by atoms with Gasteiger partial charge < -0.3 is 4.90 Å². The minimum absolute atomic E-state index is 0.00227. The molecule has 0 saturated carbocycles. The first kappa shape index (κ1) is 11.6. The fourth-order valence-corrected chi connectivity index (χ4v) is 2.02. The summed E-state index contributed by atoms with van der Waals surface area (Å²) in [6.07, 6.45) is 0.246. The maximum atomic E-state index is 11.7. The highest BCUT2D eigenvalue weighted by Gasteiger charge is 2.33. The number of hydrogen-bond acceptors (Lipinski definition) is 3. The molecule has 17 heavy (non-hydrogen) atoms. The molecule has 0 unspecified atom stereocenters. The summed E-state index contributed by atoms with van der Waals surface area (Å²) in [5.74, 6) is 4.48. The zero-order valence-corrected chi connectivity index (χ0v) is 9.43. The van der Waals surface area contributed by atoms with E-state index in [0.717, 1.165) is 5.56 Å². The second kappa shape index (κ2) is 4.97. The molecule has 1 aliphatic heterocycles. The highest BCUT2D eigenvalue weighted by molar-refractivity contribution is 5.88. The van der Waals surface area contributed by atoms with Crippen LogP contribution in [0, 0.1) is 5.92 Å². The predicted molar refractivity (Wildman–Crippen MR) is 62.3 cm³/mol. The van der Waals surface area contributed by atoms with Crippen molar-refractivity contribution in [3.05, 3.63) is 35.9 Å². The molecule has 1 fully saturated rings. The minimum atomic E-state index is -0.323. The minimum Gasteiger partial charge on any atom is -0.338 e. The van der Waals surface area contributed by atoms with Gasteiger partial charge in [0.1, 0.15) is 0 Å². The van der Waals surface area contributed by atoms with Crippen molar-refractivity contribution in [1.82, 2.24) is 10.3 Å². The fourth-order valence-electron chi connectivity index (χ4n) is 2.02. The molecule has 2 rings (SSSR count). The van der Waals surface area contributed by atoms with Crippen LogP contribution < -0.4 is 11.3 Å². The van der Waals surface area contributed by atoms with Gasteiger partial charge in [-0.15, -0.1) is 0 Å². The van der Waals surface area contributed by atoms with Crippen LogP contribution in [0.1, 0.15) is 12.0 Å². The van der Waals surface area contributed by atoms with Crippen molar-refractivity contribution in [1.29, 1.82) is 0 Å². The van der Waals surface area contributed by atoms with Gasteiger partial charge in [0.15, 0.2) is 0 Å². The first-order chi connectivity index (χ1) is 8.20. The lowest BCUT2D eigenvalue weighted by molar-refractivity contribution is -0.129. The summed E-state index contributed by atoms with van der Waals surface area (Å²) in [6.45, 7) is 0.991. The standard InChI is InChI=1S/C12H15N3O2/c13-14-12(17)10-6-11(16)15(8-10)7-9-4-2-1-3-5-9/h1-5,10H,6-8,13H2,(H,14,17)/t10-/m0/s1. The summed E-state index contributed by atoms with van der Waals surface area (Å²) < 4.78 is 0. The molecule has 5 heteroatoms. The van der Waals surface area contributed by atoms with Crippen LogP contribution in [0.25, 0.3) is 0 Å². The van der Waals surface area contributed by atoms with Gasteiger partial charge in [-0.3, -0.25) is 15.0 Å². The van der Waals surface area contributed by atoms with Gasteiger partial charge >= 0.3 is 0 Å². The fraction of sp³-hybridized carbons (Fsp3) is 0.333. The van der Waals surface area contributed by atoms with Crippen LogP contribution in [0.3, 0.4) is 0 Å². The van der Waals surface area contributed by atoms with Crippen LogP contribution >= 0.6 is 0 Å². The molecule has 2 amide bonds. The molecular formula is C12H15N3O2. The molecule has 3 N–H and O–H groups in total. The molecule has 1 aromatic carbocycles. The molecule has 1 saturated heterocycles. The topological polar surface area (TPSA) is 75.4 Å². The molecule has 0 aromatic heterocycles. The lowest BCUT2D eigenvalue weighted by atomic mass is 10.1. The van der Waals surface area contributed by atoms with Crippen LogP contribution in [-0.4, -0.2) is 23.3 Å². The van der Waals surface area contributed by atoms with Gasteiger partial charge in [-0.1, -0.05) is 30.3 Å². The number of carbonyl (C=O) groups excluding carboxylic acids is 2. The first-order valence-electron chi connectivity index (χ1n) is 5.53. The van der Waals surface area contributed by atoms with Crippen molar-refractivity contribution in [2.24, 2.45) is 11.8 Å². The van der Waals surface area contributed by atoms with E-state index in [1.165, 1.54) is 0 Å². The summed E-state index contributed by atoms with van der Waals surface area (Å²) in [7, 11) is 0. The third-order valence-electron chi connectivity index (χ3n) is 2.94. The van der Waals surface area contributed by atoms with E-state index in [-0.39, 0.29) is 24.2 Å². The van der Waals surface area contributed by atoms with Crippen molar-refractivity contribution in [2.75, 3.05) is 6.54 Å². The van der Waals surface area contributed by atoms with Gasteiger partial charge in [-0.05, 0) is 5.56 Å². The summed E-state index contributed by atoms with van der Waals surface area (Å²) in [5.41, 5.74) is 3.16. The van der Waals surface area contributed by atoms with E-state index >= 15 is 0 Å². The van der Waals surface area contributed by atoms with E-state index in [2.05, 4.69) is 5.43 Å². The Labute approximate surface area is 99.6 Å². The zero-order chi connectivity index (χ0) is 12.3. The first-order valence-corrected chi connectivity index (χ1v) is 5.53. The van der Waals surface area contributed by atoms with Crippen LogP contribution in [0.2, 0.25) is 0 Å². The highest BCUT2D eigenvalue weighted by atomic mass is 16.2. The van der Waals surface area contributed by atoms with E-state index in [1.807, 2.05) is 30.3 Å². The van der Waals surface area contributed by atoms with E-state index in [1.54, 1.807) is 4.90 Å². The number of nitrogens with one attached hydrogen (secondary N) is 1. The molecule has 0 spiro atoms. The summed E-state index contributed by atoms with van der Waals surface area (Å²) in [5, 5.41) is 0. The summed E-state index contributed by atoms with van der Waals surface area (Å²) in [6, 6.07) is 9.72. The van der Waals surface area contributed by atoms with Crippen molar-refractivity contribution < 1.29 is 9.59 Å². The molecule has 0 radical (unpaired) electrons. The maximum absolute atomic E-state index is 11.7. The Morgan fingerprint density at radius 3 is 2.76 bits per heavy atom. The number of rotatable bonds is 3. The number of nitrogens with zero attached hydrogens (tertiary/aromatic N) is 1. The number of nitrogens with two attached hydrogens (primary N) is 1. The van der Waals surface area contributed by atoms with Gasteiger partial charge in [0.25, 0.3) is 0 Å². The summed E-state index contributed by atoms with van der Waals surface area (Å²) in [4.78, 5) is 24.7. The number of carbonyl (C=O) groups is 2. The number of benzene rings is 1. The van der Waals surface area contributed by atoms with E-state index in [0.29, 0.717) is 13.1 Å². The SMILES string of the molecule is NNC(=O)[C@H]1CC(=O)N(Cc2ccccc2)C1. The second-order valence-electron chi connectivity index (χ2n) is 4.17. The largest absolute Gasteiger partial charge is 0.338 e. The second-order valence-corrected chi connectivity index (χ2v) is 4.17. The Kier molecular flexibility index (Phi) is 3.39. The molecular weight excluding hydrogens is 218 g/mol. The van der Waals surface area contributed by atoms with E-state index in [9.17, 15) is 9.59 Å². The highest BCUT2D eigenvalue weighted by Crippen LogP contribution is 2.19. The number of hydrazine groups is 1. The Bertz CT molecular complexity index is 419. The lowest BCUT2D eigenvalue weighted by Crippen LogP contribution is -2.37. The van der Waals surface area contributed by atoms with Gasteiger partial charge in [0.2, 0.25) is 11.8 Å². The third kappa shape index (κ3) is 2.62. The molecule has 90 valence electrons. The van der Waals surface area contributed by atoms with Crippen LogP contribution in [-0.2, 0) is 16.1 Å². The number of likely N-dealkylation sites (tertiary alicyclic amines) is 1. The van der Waals surface area contributed by atoms with Crippen molar-refractivity contribution in [3.63, 3.8) is 0 Å². The van der Waals surface area contributed by atoms with Crippen molar-refractivity contribution >= 4 is 11.8 Å². The quantitative estimate of drug-likeness (QED) is 0.439. The predicted octanol–water partition coefficient (Wildman–Crippen LogP) is 0.0250. The Balaban J connectivity index is 1.99. The smallest absolute Gasteiger partial charge is 0.239 e. The molecule has 5 nitrogen and oxygen atoms in total. The van der Waals surface area contributed by atoms with E-state index in [4.69, 9.17) is 5.84 Å². The maximum Gasteiger partial charge on any atom is 0.239 e. The molecule has 0 bridgehead atoms. The third-order valence-corrected chi connectivity index (χ3v) is 2.94. The average Bonchev–Trinajstić information content (AvgIpc) is 2.71. The molecule has 1 atom stereocenters. The number of hydrogen-bond donors (Lipinski definition) is 2. The lowest BCUT2D eigenvalue weighted by Gasteiger charge is -2.16. The Morgan fingerprint density at radius 2 is 2.12 bits per heavy atom. The van der Waals surface area contributed by atoms with Crippen molar-refractivity contribution in [3.8, 4) is 0 Å².